The van der Waals surface area contributed by atoms with E-state index in [4.69, 9.17) is 5.26 Å². The number of likely N-dealkylation sites (tertiary alicyclic amines) is 2. The molecule has 2 heterocycles. The van der Waals surface area contributed by atoms with Crippen molar-refractivity contribution in [3.05, 3.63) is 71.3 Å². The molecule has 212 valence electrons. The van der Waals surface area contributed by atoms with E-state index in [0.717, 1.165) is 65.0 Å². The number of guanidine groups is 1. The molecule has 2 aliphatic heterocycles. The van der Waals surface area contributed by atoms with E-state index < -0.39 is 0 Å². The average Bonchev–Trinajstić information content (AvgIpc) is 2.98. The first-order chi connectivity index (χ1) is 19.4. The molecule has 0 spiro atoms. The highest BCUT2D eigenvalue weighted by atomic mass is 19.1. The Hall–Kier alpha value is -3.68. The average molecular weight is 551 g/mol. The molecule has 0 atom stereocenters. The van der Waals surface area contributed by atoms with Crippen LogP contribution in [0.25, 0.3) is 0 Å². The number of ketones is 2. The van der Waals surface area contributed by atoms with Gasteiger partial charge < -0.3 is 15.1 Å². The van der Waals surface area contributed by atoms with Gasteiger partial charge >= 0.3 is 0 Å². The summed E-state index contributed by atoms with van der Waals surface area (Å²) in [6.45, 7) is 5.81. The number of benzene rings is 2. The minimum absolute atomic E-state index is 0.0434. The molecule has 2 saturated heterocycles. The summed E-state index contributed by atoms with van der Waals surface area (Å²) in [5.74, 6) is -0.189. The summed E-state index contributed by atoms with van der Waals surface area (Å²) in [5.41, 5.74) is 1.12. The van der Waals surface area contributed by atoms with Crippen molar-refractivity contribution in [2.24, 2.45) is 16.8 Å². The van der Waals surface area contributed by atoms with Gasteiger partial charge in [-0.15, -0.1) is 0 Å². The number of hydrogen-bond acceptors (Lipinski definition) is 6. The Bertz CT molecular complexity index is 1200. The first kappa shape index (κ1) is 29.3. The lowest BCUT2D eigenvalue weighted by Gasteiger charge is -2.31. The van der Waals surface area contributed by atoms with Gasteiger partial charge in [0.1, 0.15) is 11.6 Å². The summed E-state index contributed by atoms with van der Waals surface area (Å²) in [5, 5.41) is 14.9. The fourth-order valence-electron chi connectivity index (χ4n) is 5.37. The van der Waals surface area contributed by atoms with Crippen LogP contribution in [0.4, 0.5) is 8.78 Å². The van der Waals surface area contributed by atoms with Crippen molar-refractivity contribution in [1.29, 1.82) is 5.26 Å². The molecule has 0 aliphatic carbocycles. The fourth-order valence-corrected chi connectivity index (χ4v) is 5.37. The Morgan fingerprint density at radius 1 is 0.800 bits per heavy atom. The molecule has 0 radical (unpaired) electrons. The molecule has 2 aromatic rings. The van der Waals surface area contributed by atoms with Gasteiger partial charge in [0.2, 0.25) is 5.96 Å². The van der Waals surface area contributed by atoms with Crippen molar-refractivity contribution in [3.8, 4) is 6.19 Å². The number of nitrogens with one attached hydrogen (secondary N) is 2. The number of nitrogens with zero attached hydrogens (tertiary/aromatic N) is 4. The lowest BCUT2D eigenvalue weighted by Crippen LogP contribution is -2.43. The quantitative estimate of drug-likeness (QED) is 0.154. The number of hydrogen-bond donors (Lipinski definition) is 2. The van der Waals surface area contributed by atoms with Gasteiger partial charge in [0.15, 0.2) is 17.8 Å². The second-order valence-electron chi connectivity index (χ2n) is 10.4. The monoisotopic (exact) mass is 550 g/mol. The van der Waals surface area contributed by atoms with Crippen LogP contribution in [0.5, 0.6) is 0 Å². The van der Waals surface area contributed by atoms with Gasteiger partial charge in [-0.25, -0.2) is 8.78 Å². The number of aliphatic imine (C=N–C) groups is 1. The van der Waals surface area contributed by atoms with Crippen molar-refractivity contribution in [2.75, 3.05) is 52.4 Å². The molecule has 0 amide bonds. The highest BCUT2D eigenvalue weighted by Gasteiger charge is 2.27. The van der Waals surface area contributed by atoms with Crippen molar-refractivity contribution in [2.45, 2.75) is 25.7 Å². The van der Waals surface area contributed by atoms with E-state index in [9.17, 15) is 18.4 Å². The van der Waals surface area contributed by atoms with Crippen molar-refractivity contribution in [3.63, 3.8) is 0 Å². The Balaban J connectivity index is 1.13. The van der Waals surface area contributed by atoms with E-state index in [2.05, 4.69) is 25.4 Å². The highest BCUT2D eigenvalue weighted by molar-refractivity contribution is 5.98. The molecule has 8 nitrogen and oxygen atoms in total. The second-order valence-corrected chi connectivity index (χ2v) is 10.4. The van der Waals surface area contributed by atoms with Gasteiger partial charge in [-0.2, -0.15) is 5.26 Å². The molecular formula is C30H36F2N6O2. The third-order valence-electron chi connectivity index (χ3n) is 7.76. The van der Waals surface area contributed by atoms with Gasteiger partial charge in [-0.05, 0) is 100 Å². The number of Topliss-reactive ketones (excluding diaryl/α,β-unsaturated/α-hetero) is 2. The molecule has 2 aromatic carbocycles. The number of carbonyl (C=O) groups excluding carboxylic acids is 2. The molecule has 4 rings (SSSR count). The topological polar surface area (TPSA) is 101 Å². The van der Waals surface area contributed by atoms with E-state index in [1.165, 1.54) is 24.3 Å². The normalized spacial score (nSPS) is 17.8. The van der Waals surface area contributed by atoms with Crippen LogP contribution < -0.4 is 10.6 Å². The highest BCUT2D eigenvalue weighted by Crippen LogP contribution is 2.23. The number of halogens is 2. The predicted molar refractivity (Wildman–Crippen MR) is 149 cm³/mol. The van der Waals surface area contributed by atoms with E-state index in [1.54, 1.807) is 24.3 Å². The molecule has 0 unspecified atom stereocenters. The predicted octanol–water partition coefficient (Wildman–Crippen LogP) is 3.47. The summed E-state index contributed by atoms with van der Waals surface area (Å²) in [6.07, 6.45) is 4.97. The molecule has 40 heavy (non-hydrogen) atoms. The summed E-state index contributed by atoms with van der Waals surface area (Å²) in [4.78, 5) is 34.4. The molecular weight excluding hydrogens is 514 g/mol. The SMILES string of the molecule is N#CNC(=NCCN1CCC(C(=O)c2ccc(F)cc2)CC1)NCCN1CCC(C(=O)c2ccc(F)cc2)CC1. The molecule has 2 fully saturated rings. The lowest BCUT2D eigenvalue weighted by molar-refractivity contribution is 0.0836. The van der Waals surface area contributed by atoms with E-state index in [-0.39, 0.29) is 35.0 Å². The summed E-state index contributed by atoms with van der Waals surface area (Å²) in [7, 11) is 0. The van der Waals surface area contributed by atoms with Gasteiger partial charge in [-0.1, -0.05) is 0 Å². The standard InChI is InChI=1S/C30H36F2N6O2/c31-26-5-1-22(2-6-26)28(39)24-9-15-37(16-10-24)19-13-34-30(36-21-33)35-14-20-38-17-11-25(12-18-38)29(40)23-3-7-27(32)8-4-23/h1-8,24-25H,9-20H2,(H2,34,35,36). The van der Waals surface area contributed by atoms with Crippen molar-refractivity contribution >= 4 is 17.5 Å². The molecule has 2 aliphatic rings. The van der Waals surface area contributed by atoms with E-state index in [0.29, 0.717) is 30.2 Å². The Kier molecular flexibility index (Phi) is 10.7. The van der Waals surface area contributed by atoms with Gasteiger partial charge in [0.05, 0.1) is 6.54 Å². The van der Waals surface area contributed by atoms with Gasteiger partial charge in [-0.3, -0.25) is 19.9 Å². The Morgan fingerprint density at radius 2 is 1.25 bits per heavy atom. The van der Waals surface area contributed by atoms with E-state index in [1.807, 2.05) is 6.19 Å². The zero-order chi connectivity index (χ0) is 28.3. The number of nitriles is 1. The maximum Gasteiger partial charge on any atom is 0.204 e. The summed E-state index contributed by atoms with van der Waals surface area (Å²) < 4.78 is 26.3. The minimum atomic E-state index is -0.344. The molecule has 10 heteroatoms. The maximum atomic E-state index is 13.1. The van der Waals surface area contributed by atoms with Crippen LogP contribution in [-0.2, 0) is 0 Å². The van der Waals surface area contributed by atoms with Crippen LogP contribution in [0.3, 0.4) is 0 Å². The zero-order valence-corrected chi connectivity index (χ0v) is 22.6. The molecule has 2 N–H and O–H groups in total. The number of carbonyl (C=O) groups is 2. The molecule has 0 saturated carbocycles. The van der Waals surface area contributed by atoms with E-state index >= 15 is 0 Å². The second kappa shape index (κ2) is 14.6. The van der Waals surface area contributed by atoms with Gasteiger partial charge in [0, 0.05) is 42.6 Å². The van der Waals surface area contributed by atoms with Crippen LogP contribution in [0.15, 0.2) is 53.5 Å². The zero-order valence-electron chi connectivity index (χ0n) is 22.6. The largest absolute Gasteiger partial charge is 0.354 e. The van der Waals surface area contributed by atoms with Crippen molar-refractivity contribution < 1.29 is 18.4 Å². The third kappa shape index (κ3) is 8.41. The Morgan fingerprint density at radius 3 is 1.70 bits per heavy atom. The molecule has 0 aromatic heterocycles. The number of rotatable bonds is 10. The van der Waals surface area contributed by atoms with Crippen LogP contribution in [0, 0.1) is 34.9 Å². The van der Waals surface area contributed by atoms with Gasteiger partial charge in [0.25, 0.3) is 0 Å². The smallest absolute Gasteiger partial charge is 0.204 e. The van der Waals surface area contributed by atoms with Crippen LogP contribution in [0.2, 0.25) is 0 Å². The molecule has 0 bridgehead atoms. The maximum absolute atomic E-state index is 13.1. The third-order valence-corrected chi connectivity index (χ3v) is 7.76. The van der Waals surface area contributed by atoms with Crippen LogP contribution in [0.1, 0.15) is 46.4 Å². The lowest BCUT2D eigenvalue weighted by atomic mass is 9.89. The summed E-state index contributed by atoms with van der Waals surface area (Å²) in [6, 6.07) is 11.5. The first-order valence-electron chi connectivity index (χ1n) is 13.9. The fraction of sp³-hybridized carbons (Fsp3) is 0.467. The summed E-state index contributed by atoms with van der Waals surface area (Å²) >= 11 is 0. The van der Waals surface area contributed by atoms with Crippen LogP contribution in [-0.4, -0.2) is 79.7 Å². The number of piperidine rings is 2. The first-order valence-corrected chi connectivity index (χ1v) is 13.9. The minimum Gasteiger partial charge on any atom is -0.354 e. The van der Waals surface area contributed by atoms with Crippen molar-refractivity contribution in [1.82, 2.24) is 20.4 Å². The van der Waals surface area contributed by atoms with Crippen LogP contribution >= 0.6 is 0 Å². The Labute approximate surface area is 234 Å².